The number of carbonyl (C=O) groups is 1. The number of anilines is 1. The standard InChI is InChI=1S/C25H30N4O4S/c1-17(2)25-27-23(28-33-25)15-19-8-10-21(11-9-19)26-24(30)20-5-4-14-29(16-20)34(31,32)22-12-6-18(3)7-13-22/h6-13,17,20H,4-5,14-16H2,1-3H3,(H,26,30). The van der Waals surface area contributed by atoms with Gasteiger partial charge in [0, 0.05) is 31.1 Å². The van der Waals surface area contributed by atoms with Crippen molar-refractivity contribution in [3.05, 3.63) is 71.4 Å². The summed E-state index contributed by atoms with van der Waals surface area (Å²) in [7, 11) is -3.62. The molecule has 2 aromatic carbocycles. The Balaban J connectivity index is 1.36. The van der Waals surface area contributed by atoms with Crippen molar-refractivity contribution in [1.29, 1.82) is 0 Å². The number of nitrogens with zero attached hydrogens (tertiary/aromatic N) is 3. The predicted octanol–water partition coefficient (Wildman–Crippen LogP) is 4.13. The number of nitrogens with one attached hydrogen (secondary N) is 1. The van der Waals surface area contributed by atoms with Crippen LogP contribution in [-0.2, 0) is 21.2 Å². The number of carbonyl (C=O) groups excluding carboxylic acids is 1. The zero-order valence-electron chi connectivity index (χ0n) is 19.7. The summed E-state index contributed by atoms with van der Waals surface area (Å²) < 4.78 is 32.7. The molecule has 1 unspecified atom stereocenters. The molecule has 1 saturated heterocycles. The Kier molecular flexibility index (Phi) is 7.13. The van der Waals surface area contributed by atoms with Crippen LogP contribution in [0.3, 0.4) is 0 Å². The van der Waals surface area contributed by atoms with Gasteiger partial charge < -0.3 is 9.84 Å². The molecule has 1 aliphatic rings. The Hall–Kier alpha value is -3.04. The van der Waals surface area contributed by atoms with Crippen molar-refractivity contribution in [2.75, 3.05) is 18.4 Å². The molecular weight excluding hydrogens is 452 g/mol. The molecule has 8 nitrogen and oxygen atoms in total. The number of aryl methyl sites for hydroxylation is 1. The van der Waals surface area contributed by atoms with Gasteiger partial charge in [-0.15, -0.1) is 0 Å². The van der Waals surface area contributed by atoms with Crippen LogP contribution in [0, 0.1) is 12.8 Å². The molecule has 180 valence electrons. The average Bonchev–Trinajstić information content (AvgIpc) is 3.30. The Morgan fingerprint density at radius 1 is 1.15 bits per heavy atom. The van der Waals surface area contributed by atoms with E-state index < -0.39 is 15.9 Å². The molecule has 0 radical (unpaired) electrons. The summed E-state index contributed by atoms with van der Waals surface area (Å²) in [5.41, 5.74) is 2.67. The monoisotopic (exact) mass is 482 g/mol. The van der Waals surface area contributed by atoms with Gasteiger partial charge in [-0.25, -0.2) is 8.42 Å². The average molecular weight is 483 g/mol. The summed E-state index contributed by atoms with van der Waals surface area (Å²) in [5.74, 6) is 0.850. The van der Waals surface area contributed by atoms with Gasteiger partial charge >= 0.3 is 0 Å². The maximum Gasteiger partial charge on any atom is 0.243 e. The van der Waals surface area contributed by atoms with Gasteiger partial charge in [-0.2, -0.15) is 9.29 Å². The second-order valence-corrected chi connectivity index (χ2v) is 11.0. The molecule has 1 amide bonds. The van der Waals surface area contributed by atoms with Crippen LogP contribution in [0.15, 0.2) is 57.9 Å². The van der Waals surface area contributed by atoms with Gasteiger partial charge in [-0.3, -0.25) is 4.79 Å². The van der Waals surface area contributed by atoms with Crippen molar-refractivity contribution in [2.45, 2.75) is 50.8 Å². The molecule has 1 fully saturated rings. The number of hydrogen-bond acceptors (Lipinski definition) is 6. The Morgan fingerprint density at radius 3 is 2.50 bits per heavy atom. The van der Waals surface area contributed by atoms with Crippen LogP contribution in [0.5, 0.6) is 0 Å². The van der Waals surface area contributed by atoms with Gasteiger partial charge in [0.25, 0.3) is 0 Å². The van der Waals surface area contributed by atoms with E-state index >= 15 is 0 Å². The van der Waals surface area contributed by atoms with Gasteiger partial charge in [0.05, 0.1) is 10.8 Å². The van der Waals surface area contributed by atoms with E-state index in [0.717, 1.165) is 11.1 Å². The Labute approximate surface area is 200 Å². The van der Waals surface area contributed by atoms with E-state index in [2.05, 4.69) is 15.5 Å². The van der Waals surface area contributed by atoms with Crippen molar-refractivity contribution in [3.8, 4) is 0 Å². The molecule has 9 heteroatoms. The minimum absolute atomic E-state index is 0.170. The number of aromatic nitrogens is 2. The molecular formula is C25H30N4O4S. The van der Waals surface area contributed by atoms with Crippen LogP contribution in [0.4, 0.5) is 5.69 Å². The summed E-state index contributed by atoms with van der Waals surface area (Å²) in [4.78, 5) is 17.5. The third kappa shape index (κ3) is 5.53. The summed E-state index contributed by atoms with van der Waals surface area (Å²) in [6.45, 7) is 6.51. The van der Waals surface area contributed by atoms with E-state index in [-0.39, 0.29) is 23.3 Å². The highest BCUT2D eigenvalue weighted by Gasteiger charge is 2.33. The lowest BCUT2D eigenvalue weighted by Crippen LogP contribution is -2.43. The first-order valence-corrected chi connectivity index (χ1v) is 13.0. The predicted molar refractivity (Wildman–Crippen MR) is 129 cm³/mol. The van der Waals surface area contributed by atoms with E-state index in [4.69, 9.17) is 4.52 Å². The third-order valence-electron chi connectivity index (χ3n) is 5.98. The molecule has 0 aliphatic carbocycles. The molecule has 0 spiro atoms. The quantitative estimate of drug-likeness (QED) is 0.543. The van der Waals surface area contributed by atoms with Gasteiger partial charge in [-0.05, 0) is 49.6 Å². The molecule has 1 aliphatic heterocycles. The highest BCUT2D eigenvalue weighted by molar-refractivity contribution is 7.89. The van der Waals surface area contributed by atoms with E-state index in [1.165, 1.54) is 4.31 Å². The van der Waals surface area contributed by atoms with Crippen molar-refractivity contribution in [2.24, 2.45) is 5.92 Å². The zero-order chi connectivity index (χ0) is 24.3. The first-order chi connectivity index (χ1) is 16.2. The molecule has 0 saturated carbocycles. The number of hydrogen-bond donors (Lipinski definition) is 1. The molecule has 4 rings (SSSR count). The van der Waals surface area contributed by atoms with Crippen LogP contribution >= 0.6 is 0 Å². The van der Waals surface area contributed by atoms with Crippen molar-refractivity contribution in [3.63, 3.8) is 0 Å². The summed E-state index contributed by atoms with van der Waals surface area (Å²) in [5, 5.41) is 6.94. The lowest BCUT2D eigenvalue weighted by Gasteiger charge is -2.31. The minimum Gasteiger partial charge on any atom is -0.339 e. The minimum atomic E-state index is -3.62. The normalized spacial score (nSPS) is 17.1. The summed E-state index contributed by atoms with van der Waals surface area (Å²) >= 11 is 0. The van der Waals surface area contributed by atoms with Crippen LogP contribution in [0.25, 0.3) is 0 Å². The Morgan fingerprint density at radius 2 is 1.85 bits per heavy atom. The number of amides is 1. The van der Waals surface area contributed by atoms with Crippen LogP contribution < -0.4 is 5.32 Å². The summed E-state index contributed by atoms with van der Waals surface area (Å²) in [6, 6.07) is 14.3. The second kappa shape index (κ2) is 10.1. The molecule has 2 heterocycles. The molecule has 3 aromatic rings. The number of piperidine rings is 1. The second-order valence-electron chi connectivity index (χ2n) is 9.08. The first-order valence-electron chi connectivity index (χ1n) is 11.5. The number of sulfonamides is 1. The topological polar surface area (TPSA) is 105 Å². The maximum atomic E-state index is 13.0. The zero-order valence-corrected chi connectivity index (χ0v) is 20.5. The van der Waals surface area contributed by atoms with Gasteiger partial charge in [0.1, 0.15) is 0 Å². The smallest absolute Gasteiger partial charge is 0.243 e. The number of rotatable bonds is 7. The largest absolute Gasteiger partial charge is 0.339 e. The van der Waals surface area contributed by atoms with Crippen LogP contribution in [-0.4, -0.2) is 41.9 Å². The molecule has 0 bridgehead atoms. The third-order valence-corrected chi connectivity index (χ3v) is 7.85. The van der Waals surface area contributed by atoms with Crippen molar-refractivity contribution in [1.82, 2.24) is 14.4 Å². The van der Waals surface area contributed by atoms with Gasteiger partial charge in [-0.1, -0.05) is 48.8 Å². The Bertz CT molecular complexity index is 1230. The van der Waals surface area contributed by atoms with Crippen molar-refractivity contribution >= 4 is 21.6 Å². The van der Waals surface area contributed by atoms with Gasteiger partial charge in [0.15, 0.2) is 5.82 Å². The number of benzene rings is 2. The first kappa shape index (κ1) is 24.1. The molecule has 1 aromatic heterocycles. The summed E-state index contributed by atoms with van der Waals surface area (Å²) in [6.07, 6.45) is 1.84. The van der Waals surface area contributed by atoms with Crippen molar-refractivity contribution < 1.29 is 17.7 Å². The molecule has 1 N–H and O–H groups in total. The van der Waals surface area contributed by atoms with Gasteiger partial charge in [0.2, 0.25) is 21.8 Å². The highest BCUT2D eigenvalue weighted by atomic mass is 32.2. The fraction of sp³-hybridized carbons (Fsp3) is 0.400. The lowest BCUT2D eigenvalue weighted by molar-refractivity contribution is -0.120. The fourth-order valence-electron chi connectivity index (χ4n) is 3.94. The van der Waals surface area contributed by atoms with Crippen LogP contribution in [0.2, 0.25) is 0 Å². The molecule has 1 atom stereocenters. The lowest BCUT2D eigenvalue weighted by atomic mass is 9.98. The maximum absolute atomic E-state index is 13.0. The van der Waals surface area contributed by atoms with E-state index in [1.807, 2.05) is 45.0 Å². The van der Waals surface area contributed by atoms with E-state index in [1.54, 1.807) is 24.3 Å². The van der Waals surface area contributed by atoms with E-state index in [0.29, 0.717) is 43.2 Å². The van der Waals surface area contributed by atoms with E-state index in [9.17, 15) is 13.2 Å². The molecule has 34 heavy (non-hydrogen) atoms. The highest BCUT2D eigenvalue weighted by Crippen LogP contribution is 2.25. The SMILES string of the molecule is Cc1ccc(S(=O)(=O)N2CCCC(C(=O)Nc3ccc(Cc4noc(C(C)C)n4)cc3)C2)cc1. The fourth-order valence-corrected chi connectivity index (χ4v) is 5.46. The van der Waals surface area contributed by atoms with Crippen LogP contribution in [0.1, 0.15) is 55.4 Å².